The smallest absolute Gasteiger partial charge is 0.319 e. The van der Waals surface area contributed by atoms with Gasteiger partial charge in [0, 0.05) is 57.3 Å². The third-order valence-corrected chi connectivity index (χ3v) is 6.49. The average Bonchev–Trinajstić information content (AvgIpc) is 2.99. The molecule has 3 saturated heterocycles. The molecule has 0 aromatic rings. The van der Waals surface area contributed by atoms with E-state index < -0.39 is 0 Å². The molecule has 0 spiro atoms. The van der Waals surface area contributed by atoms with E-state index in [4.69, 9.17) is 0 Å². The Labute approximate surface area is 151 Å². The van der Waals surface area contributed by atoms with E-state index in [9.17, 15) is 9.59 Å². The van der Waals surface area contributed by atoms with Crippen molar-refractivity contribution in [2.24, 2.45) is 5.92 Å². The van der Waals surface area contributed by atoms with E-state index in [0.717, 1.165) is 38.8 Å². The minimum Gasteiger partial charge on any atom is -0.342 e. The Morgan fingerprint density at radius 1 is 1.00 bits per heavy atom. The number of amides is 3. The predicted molar refractivity (Wildman–Crippen MR) is 98.4 cm³/mol. The summed E-state index contributed by atoms with van der Waals surface area (Å²) >= 11 is 0. The van der Waals surface area contributed by atoms with Crippen molar-refractivity contribution in [3.63, 3.8) is 0 Å². The number of hydrogen-bond acceptors (Lipinski definition) is 3. The zero-order valence-electron chi connectivity index (χ0n) is 16.0. The summed E-state index contributed by atoms with van der Waals surface area (Å²) in [5.41, 5.74) is 0. The molecule has 25 heavy (non-hydrogen) atoms. The number of carbonyl (C=O) groups is 2. The summed E-state index contributed by atoms with van der Waals surface area (Å²) in [4.78, 5) is 31.2. The van der Waals surface area contributed by atoms with Gasteiger partial charge in [-0.15, -0.1) is 0 Å². The molecule has 3 aliphatic heterocycles. The van der Waals surface area contributed by atoms with Gasteiger partial charge in [0.15, 0.2) is 0 Å². The van der Waals surface area contributed by atoms with Crippen LogP contribution in [0.3, 0.4) is 0 Å². The molecule has 3 heterocycles. The molecule has 142 valence electrons. The fourth-order valence-corrected chi connectivity index (χ4v) is 4.82. The maximum atomic E-state index is 12.9. The first kappa shape index (κ1) is 18.5. The standard InChI is InChI=1S/C19H34N4O2/c1-4-22(5-2)19(25)23-10-8-14(9-11-23)18(24)21(3)17-12-15-6-7-16(13-17)20-15/h14-17,20H,4-13H2,1-3H3. The number of rotatable bonds is 4. The highest BCUT2D eigenvalue weighted by Crippen LogP contribution is 2.31. The number of likely N-dealkylation sites (tertiary alicyclic amines) is 1. The molecule has 0 aromatic carbocycles. The van der Waals surface area contributed by atoms with Gasteiger partial charge in [0.25, 0.3) is 0 Å². The normalized spacial score (nSPS) is 29.6. The monoisotopic (exact) mass is 350 g/mol. The first-order chi connectivity index (χ1) is 12.0. The highest BCUT2D eigenvalue weighted by atomic mass is 16.2. The molecule has 0 saturated carbocycles. The summed E-state index contributed by atoms with van der Waals surface area (Å²) < 4.78 is 0. The third-order valence-electron chi connectivity index (χ3n) is 6.49. The van der Waals surface area contributed by atoms with Crippen LogP contribution in [0.5, 0.6) is 0 Å². The van der Waals surface area contributed by atoms with Crippen molar-refractivity contribution in [3.8, 4) is 0 Å². The van der Waals surface area contributed by atoms with E-state index in [1.807, 2.05) is 35.6 Å². The van der Waals surface area contributed by atoms with Crippen LogP contribution in [0.2, 0.25) is 0 Å². The molecule has 3 amide bonds. The van der Waals surface area contributed by atoms with Crippen molar-refractivity contribution in [3.05, 3.63) is 0 Å². The molecule has 0 aliphatic carbocycles. The lowest BCUT2D eigenvalue weighted by molar-refractivity contribution is -0.138. The molecule has 0 radical (unpaired) electrons. The van der Waals surface area contributed by atoms with Crippen LogP contribution in [0.15, 0.2) is 0 Å². The SMILES string of the molecule is CCN(CC)C(=O)N1CCC(C(=O)N(C)C2CC3CCC(C2)N3)CC1. The Hall–Kier alpha value is -1.30. The van der Waals surface area contributed by atoms with Gasteiger partial charge in [0.1, 0.15) is 0 Å². The number of nitrogens with zero attached hydrogens (tertiary/aromatic N) is 3. The van der Waals surface area contributed by atoms with Crippen molar-refractivity contribution in [2.75, 3.05) is 33.2 Å². The van der Waals surface area contributed by atoms with Gasteiger partial charge < -0.3 is 20.0 Å². The molecule has 3 aliphatic rings. The highest BCUT2D eigenvalue weighted by molar-refractivity contribution is 5.80. The highest BCUT2D eigenvalue weighted by Gasteiger charge is 2.38. The maximum absolute atomic E-state index is 12.9. The number of urea groups is 1. The van der Waals surface area contributed by atoms with E-state index in [1.165, 1.54) is 12.8 Å². The first-order valence-corrected chi connectivity index (χ1v) is 10.1. The lowest BCUT2D eigenvalue weighted by Gasteiger charge is -2.39. The molecule has 0 aromatic heterocycles. The van der Waals surface area contributed by atoms with Gasteiger partial charge in [-0.3, -0.25) is 4.79 Å². The van der Waals surface area contributed by atoms with Crippen LogP contribution in [0.4, 0.5) is 4.79 Å². The summed E-state index contributed by atoms with van der Waals surface area (Å²) in [6.45, 7) is 6.93. The number of carbonyl (C=O) groups excluding carboxylic acids is 2. The molecule has 2 unspecified atom stereocenters. The van der Waals surface area contributed by atoms with Crippen LogP contribution in [-0.4, -0.2) is 78.0 Å². The second kappa shape index (κ2) is 7.94. The van der Waals surface area contributed by atoms with E-state index in [0.29, 0.717) is 37.1 Å². The van der Waals surface area contributed by atoms with Crippen LogP contribution in [0.1, 0.15) is 52.4 Å². The average molecular weight is 351 g/mol. The Morgan fingerprint density at radius 3 is 2.08 bits per heavy atom. The van der Waals surface area contributed by atoms with Crippen molar-refractivity contribution < 1.29 is 9.59 Å². The molecule has 6 nitrogen and oxygen atoms in total. The lowest BCUT2D eigenvalue weighted by atomic mass is 9.92. The zero-order valence-corrected chi connectivity index (χ0v) is 16.0. The summed E-state index contributed by atoms with van der Waals surface area (Å²) in [5, 5.41) is 3.65. The van der Waals surface area contributed by atoms with Gasteiger partial charge in [-0.05, 0) is 52.4 Å². The van der Waals surface area contributed by atoms with Gasteiger partial charge in [0.05, 0.1) is 0 Å². The maximum Gasteiger partial charge on any atom is 0.319 e. The van der Waals surface area contributed by atoms with Crippen molar-refractivity contribution >= 4 is 11.9 Å². The third kappa shape index (κ3) is 3.94. The number of nitrogens with one attached hydrogen (secondary N) is 1. The van der Waals surface area contributed by atoms with Crippen LogP contribution in [0, 0.1) is 5.92 Å². The van der Waals surface area contributed by atoms with Gasteiger partial charge in [-0.25, -0.2) is 4.79 Å². The summed E-state index contributed by atoms with van der Waals surface area (Å²) in [5.74, 6) is 0.375. The second-order valence-corrected chi connectivity index (χ2v) is 7.93. The summed E-state index contributed by atoms with van der Waals surface area (Å²) in [7, 11) is 1.99. The van der Waals surface area contributed by atoms with E-state index in [1.54, 1.807) is 0 Å². The van der Waals surface area contributed by atoms with Crippen LogP contribution in [0.25, 0.3) is 0 Å². The number of fused-ring (bicyclic) bond motifs is 2. The minimum atomic E-state index is 0.0818. The Morgan fingerprint density at radius 2 is 1.56 bits per heavy atom. The van der Waals surface area contributed by atoms with Crippen LogP contribution >= 0.6 is 0 Å². The predicted octanol–water partition coefficient (Wildman–Crippen LogP) is 1.90. The Bertz CT molecular complexity index is 474. The zero-order chi connectivity index (χ0) is 18.0. The minimum absolute atomic E-state index is 0.0818. The fraction of sp³-hybridized carbons (Fsp3) is 0.895. The van der Waals surface area contributed by atoms with E-state index in [-0.39, 0.29) is 11.9 Å². The van der Waals surface area contributed by atoms with Gasteiger partial charge >= 0.3 is 6.03 Å². The van der Waals surface area contributed by atoms with Crippen molar-refractivity contribution in [1.82, 2.24) is 20.0 Å². The van der Waals surface area contributed by atoms with E-state index in [2.05, 4.69) is 5.32 Å². The summed E-state index contributed by atoms with van der Waals surface area (Å²) in [6, 6.07) is 1.72. The van der Waals surface area contributed by atoms with Crippen molar-refractivity contribution in [2.45, 2.75) is 70.5 Å². The molecular formula is C19H34N4O2. The molecule has 1 N–H and O–H groups in total. The van der Waals surface area contributed by atoms with Gasteiger partial charge in [0.2, 0.25) is 5.91 Å². The topological polar surface area (TPSA) is 55.9 Å². The molecule has 6 heteroatoms. The summed E-state index contributed by atoms with van der Waals surface area (Å²) in [6.07, 6.45) is 6.31. The second-order valence-electron chi connectivity index (χ2n) is 7.93. The van der Waals surface area contributed by atoms with Gasteiger partial charge in [-0.1, -0.05) is 0 Å². The number of piperidine rings is 2. The molecule has 2 atom stereocenters. The quantitative estimate of drug-likeness (QED) is 0.842. The molecular weight excluding hydrogens is 316 g/mol. The van der Waals surface area contributed by atoms with Crippen LogP contribution in [-0.2, 0) is 4.79 Å². The molecule has 2 bridgehead atoms. The Balaban J connectivity index is 1.50. The Kier molecular flexibility index (Phi) is 5.87. The first-order valence-electron chi connectivity index (χ1n) is 10.1. The van der Waals surface area contributed by atoms with Gasteiger partial charge in [-0.2, -0.15) is 0 Å². The van der Waals surface area contributed by atoms with Crippen LogP contribution < -0.4 is 5.32 Å². The van der Waals surface area contributed by atoms with Crippen molar-refractivity contribution in [1.29, 1.82) is 0 Å². The largest absolute Gasteiger partial charge is 0.342 e. The number of hydrogen-bond donors (Lipinski definition) is 1. The lowest BCUT2D eigenvalue weighted by Crippen LogP contribution is -2.52. The van der Waals surface area contributed by atoms with E-state index >= 15 is 0 Å². The fourth-order valence-electron chi connectivity index (χ4n) is 4.82. The molecule has 3 fully saturated rings. The molecule has 3 rings (SSSR count).